The van der Waals surface area contributed by atoms with E-state index in [9.17, 15) is 22.4 Å². The number of thiol groups is 1. The van der Waals surface area contributed by atoms with Crippen LogP contribution in [0.2, 0.25) is 0 Å². The van der Waals surface area contributed by atoms with Gasteiger partial charge < -0.3 is 4.84 Å². The number of piperidine rings is 1. The first-order valence-electron chi connectivity index (χ1n) is 10.9. The van der Waals surface area contributed by atoms with E-state index in [4.69, 9.17) is 14.0 Å². The Morgan fingerprint density at radius 2 is 2.05 bits per heavy atom. The fourth-order valence-electron chi connectivity index (χ4n) is 3.62. The van der Waals surface area contributed by atoms with Crippen molar-refractivity contribution >= 4 is 44.7 Å². The van der Waals surface area contributed by atoms with Gasteiger partial charge in [0.2, 0.25) is 16.7 Å². The molecular weight excluding hydrogens is 599 g/mol. The molecular formula is C20H22BrFN6O7S2. The van der Waals surface area contributed by atoms with Crippen molar-refractivity contribution in [3.8, 4) is 17.2 Å². The second-order valence-corrected chi connectivity index (χ2v) is 12.0. The van der Waals surface area contributed by atoms with E-state index in [0.717, 1.165) is 11.0 Å². The minimum absolute atomic E-state index is 0.00594. The Morgan fingerprint density at radius 3 is 2.73 bits per heavy atom. The van der Waals surface area contributed by atoms with E-state index >= 15 is 0 Å². The average Bonchev–Trinajstić information content (AvgIpc) is 3.40. The van der Waals surface area contributed by atoms with Crippen molar-refractivity contribution in [1.82, 2.24) is 29.4 Å². The molecule has 13 nitrogen and oxygen atoms in total. The summed E-state index contributed by atoms with van der Waals surface area (Å²) in [4.78, 5) is 30.3. The first-order valence-corrected chi connectivity index (χ1v) is 13.7. The summed E-state index contributed by atoms with van der Waals surface area (Å²) in [6.45, 7) is 5.44. The predicted octanol–water partition coefficient (Wildman–Crippen LogP) is 3.01. The number of thioether (sulfide) groups is 1. The third kappa shape index (κ3) is 6.05. The zero-order chi connectivity index (χ0) is 26.9. The summed E-state index contributed by atoms with van der Waals surface area (Å²) in [6.07, 6.45) is 0.388. The Kier molecular flexibility index (Phi) is 8.05. The van der Waals surface area contributed by atoms with Gasteiger partial charge in [-0.3, -0.25) is 4.52 Å². The highest BCUT2D eigenvalue weighted by Gasteiger charge is 2.34. The summed E-state index contributed by atoms with van der Waals surface area (Å²) in [5.41, 5.74) is -0.567. The van der Waals surface area contributed by atoms with E-state index in [0.29, 0.717) is 22.3 Å². The van der Waals surface area contributed by atoms with E-state index in [1.54, 1.807) is 20.8 Å². The SMILES string of the molecule is CC(C)(C)N(C(=O)ON1CCC[C@@H](Sc2nonc2-c2noc(=O)n2-c2ccc(F)c(Br)c2)C1)[SH](=O)=O. The van der Waals surface area contributed by atoms with Crippen LogP contribution in [-0.2, 0) is 15.7 Å². The molecule has 1 saturated heterocycles. The normalized spacial score (nSPS) is 16.8. The summed E-state index contributed by atoms with van der Waals surface area (Å²) in [6, 6.07) is 3.95. The van der Waals surface area contributed by atoms with Crippen molar-refractivity contribution in [2.45, 2.75) is 49.4 Å². The first kappa shape index (κ1) is 27.3. The third-order valence-corrected chi connectivity index (χ3v) is 8.14. The zero-order valence-electron chi connectivity index (χ0n) is 19.8. The molecule has 1 amide bonds. The van der Waals surface area contributed by atoms with E-state index < -0.39 is 34.1 Å². The maximum Gasteiger partial charge on any atom is 0.446 e. The molecule has 0 radical (unpaired) electrons. The van der Waals surface area contributed by atoms with E-state index in [1.165, 1.54) is 35.0 Å². The molecule has 1 aromatic carbocycles. The van der Waals surface area contributed by atoms with Crippen LogP contribution in [0.3, 0.4) is 0 Å². The van der Waals surface area contributed by atoms with Crippen LogP contribution >= 0.6 is 27.7 Å². The zero-order valence-corrected chi connectivity index (χ0v) is 23.1. The van der Waals surface area contributed by atoms with Gasteiger partial charge in [-0.05, 0) is 78.1 Å². The van der Waals surface area contributed by atoms with Crippen molar-refractivity contribution in [2.24, 2.45) is 0 Å². The average molecular weight is 621 g/mol. The number of hydrogen-bond acceptors (Lipinski definition) is 12. The molecule has 3 aromatic rings. The quantitative estimate of drug-likeness (QED) is 0.403. The van der Waals surface area contributed by atoms with Crippen molar-refractivity contribution < 1.29 is 31.6 Å². The summed E-state index contributed by atoms with van der Waals surface area (Å²) in [5.74, 6) is -1.32. The number of amides is 1. The number of rotatable bonds is 6. The number of hydroxylamine groups is 2. The van der Waals surface area contributed by atoms with Crippen LogP contribution in [0.15, 0.2) is 41.6 Å². The molecule has 2 aromatic heterocycles. The fraction of sp³-hybridized carbons (Fsp3) is 0.450. The highest BCUT2D eigenvalue weighted by atomic mass is 79.9. The van der Waals surface area contributed by atoms with Gasteiger partial charge in [-0.1, -0.05) is 16.9 Å². The number of hydrogen-bond donors (Lipinski definition) is 1. The highest BCUT2D eigenvalue weighted by molar-refractivity contribution is 9.10. The lowest BCUT2D eigenvalue weighted by Gasteiger charge is -2.34. The number of carbonyl (C=O) groups excluding carboxylic acids is 1. The molecule has 200 valence electrons. The van der Waals surface area contributed by atoms with Gasteiger partial charge in [0.05, 0.1) is 15.7 Å². The van der Waals surface area contributed by atoms with Crippen LogP contribution in [0.1, 0.15) is 33.6 Å². The lowest BCUT2D eigenvalue weighted by atomic mass is 10.1. The van der Waals surface area contributed by atoms with Crippen LogP contribution in [0, 0.1) is 5.82 Å². The van der Waals surface area contributed by atoms with Gasteiger partial charge in [-0.25, -0.2) is 31.6 Å². The molecule has 17 heteroatoms. The predicted molar refractivity (Wildman–Crippen MR) is 132 cm³/mol. The van der Waals surface area contributed by atoms with Gasteiger partial charge in [0.1, 0.15) is 5.82 Å². The lowest BCUT2D eigenvalue weighted by Crippen LogP contribution is -2.48. The third-order valence-electron chi connectivity index (χ3n) is 5.23. The molecule has 0 spiro atoms. The van der Waals surface area contributed by atoms with E-state index in [-0.39, 0.29) is 33.5 Å². The fourth-order valence-corrected chi connectivity index (χ4v) is 5.81. The van der Waals surface area contributed by atoms with Crippen molar-refractivity contribution in [2.75, 3.05) is 13.1 Å². The van der Waals surface area contributed by atoms with Crippen LogP contribution in [0.5, 0.6) is 0 Å². The largest absolute Gasteiger partial charge is 0.446 e. The summed E-state index contributed by atoms with van der Waals surface area (Å²) in [7, 11) is -3.19. The smallest absolute Gasteiger partial charge is 0.350 e. The van der Waals surface area contributed by atoms with Gasteiger partial charge in [-0.15, -0.1) is 5.06 Å². The minimum Gasteiger partial charge on any atom is -0.350 e. The standard InChI is InChI=1S/C20H22BrFN6O7S2/c1-20(2,3)28(37(31)32)19(30)34-26-8-4-5-12(10-26)36-17-15(23-35-25-17)16-24-33-18(29)27(16)11-6-7-14(22)13(21)9-11/h6-7,9,12,37H,4-5,8,10H2,1-3H3/t12-/m1/s1. The molecule has 0 aliphatic carbocycles. The first-order chi connectivity index (χ1) is 17.5. The number of benzene rings is 1. The molecule has 0 unspecified atom stereocenters. The van der Waals surface area contributed by atoms with Crippen molar-refractivity contribution in [1.29, 1.82) is 0 Å². The molecule has 3 heterocycles. The maximum atomic E-state index is 13.7. The molecule has 1 aliphatic heterocycles. The number of halogens is 2. The molecule has 4 rings (SSSR count). The number of aromatic nitrogens is 4. The Bertz CT molecular complexity index is 1420. The highest BCUT2D eigenvalue weighted by Crippen LogP contribution is 2.34. The Labute approximate surface area is 224 Å². The number of nitrogens with zero attached hydrogens (tertiary/aromatic N) is 6. The second-order valence-electron chi connectivity index (χ2n) is 8.97. The van der Waals surface area contributed by atoms with Crippen LogP contribution in [0.4, 0.5) is 9.18 Å². The second kappa shape index (κ2) is 10.9. The van der Waals surface area contributed by atoms with Crippen LogP contribution in [0.25, 0.3) is 17.2 Å². The Balaban J connectivity index is 1.52. The molecule has 1 atom stereocenters. The van der Waals surface area contributed by atoms with Gasteiger partial charge in [0.25, 0.3) is 0 Å². The maximum absolute atomic E-state index is 13.7. The monoisotopic (exact) mass is 620 g/mol. The molecule has 0 bridgehead atoms. The van der Waals surface area contributed by atoms with Gasteiger partial charge in [0, 0.05) is 18.3 Å². The van der Waals surface area contributed by atoms with Crippen molar-refractivity contribution in [3.05, 3.63) is 39.0 Å². The minimum atomic E-state index is -3.19. The molecule has 0 saturated carbocycles. The summed E-state index contributed by atoms with van der Waals surface area (Å²) in [5, 5.41) is 13.2. The number of carbonyl (C=O) groups is 1. The van der Waals surface area contributed by atoms with Gasteiger partial charge in [-0.2, -0.15) is 4.31 Å². The Hall–Kier alpha value is -2.76. The van der Waals surface area contributed by atoms with Gasteiger partial charge >= 0.3 is 11.8 Å². The van der Waals surface area contributed by atoms with Crippen molar-refractivity contribution in [3.63, 3.8) is 0 Å². The molecule has 1 aliphatic rings. The van der Waals surface area contributed by atoms with E-state index in [2.05, 4.69) is 31.4 Å². The van der Waals surface area contributed by atoms with Crippen LogP contribution in [-0.4, -0.2) is 67.8 Å². The van der Waals surface area contributed by atoms with Crippen LogP contribution < -0.4 is 5.76 Å². The van der Waals surface area contributed by atoms with E-state index in [1.807, 2.05) is 0 Å². The molecule has 0 N–H and O–H groups in total. The molecule has 37 heavy (non-hydrogen) atoms. The lowest BCUT2D eigenvalue weighted by molar-refractivity contribution is -0.118. The van der Waals surface area contributed by atoms with Gasteiger partial charge in [0.15, 0.2) is 10.7 Å². The topological polar surface area (TPSA) is 154 Å². The Morgan fingerprint density at radius 1 is 1.30 bits per heavy atom. The summed E-state index contributed by atoms with van der Waals surface area (Å²) < 4.78 is 48.6. The molecule has 1 fully saturated rings. The summed E-state index contributed by atoms with van der Waals surface area (Å²) >= 11 is 4.35.